The molecule has 20 heavy (non-hydrogen) atoms. The number of benzene rings is 1. The molecule has 2 atom stereocenters. The molecule has 0 aromatic heterocycles. The van der Waals surface area contributed by atoms with Crippen LogP contribution in [0.3, 0.4) is 0 Å². The molecular weight excluding hydrogens is 272 g/mol. The highest BCUT2D eigenvalue weighted by Crippen LogP contribution is 2.41. The van der Waals surface area contributed by atoms with Gasteiger partial charge in [0.1, 0.15) is 0 Å². The molecule has 3 nitrogen and oxygen atoms in total. The quantitative estimate of drug-likeness (QED) is 0.810. The van der Waals surface area contributed by atoms with Crippen LogP contribution < -0.4 is 10.6 Å². The standard InChI is InChI=1S/C16H23ClN2O/c1-3-10-18-16(20)11(2)19-15(12-4-5-12)13-6-8-14(17)9-7-13/h6-9,11-12,15,19H,3-5,10H2,1-2H3,(H,18,20). The summed E-state index contributed by atoms with van der Waals surface area (Å²) >= 11 is 5.94. The molecule has 1 amide bonds. The Morgan fingerprint density at radius 3 is 2.55 bits per heavy atom. The minimum atomic E-state index is -0.178. The number of hydrogen-bond acceptors (Lipinski definition) is 2. The van der Waals surface area contributed by atoms with Crippen molar-refractivity contribution in [1.29, 1.82) is 0 Å². The summed E-state index contributed by atoms with van der Waals surface area (Å²) in [5, 5.41) is 7.15. The Kier molecular flexibility index (Phi) is 5.44. The second-order valence-electron chi connectivity index (χ2n) is 5.55. The van der Waals surface area contributed by atoms with Crippen molar-refractivity contribution in [1.82, 2.24) is 10.6 Å². The fourth-order valence-corrected chi connectivity index (χ4v) is 2.48. The van der Waals surface area contributed by atoms with Crippen LogP contribution in [-0.2, 0) is 4.79 Å². The van der Waals surface area contributed by atoms with Gasteiger partial charge in [0.15, 0.2) is 0 Å². The van der Waals surface area contributed by atoms with Gasteiger partial charge in [0.05, 0.1) is 6.04 Å². The van der Waals surface area contributed by atoms with Crippen molar-refractivity contribution in [3.8, 4) is 0 Å². The SMILES string of the molecule is CCCNC(=O)C(C)NC(c1ccc(Cl)cc1)C1CC1. The Hall–Kier alpha value is -1.06. The lowest BCUT2D eigenvalue weighted by molar-refractivity contribution is -0.123. The fraction of sp³-hybridized carbons (Fsp3) is 0.562. The average molecular weight is 295 g/mol. The highest BCUT2D eigenvalue weighted by atomic mass is 35.5. The van der Waals surface area contributed by atoms with Crippen LogP contribution in [0.1, 0.15) is 44.7 Å². The Morgan fingerprint density at radius 1 is 1.35 bits per heavy atom. The smallest absolute Gasteiger partial charge is 0.236 e. The summed E-state index contributed by atoms with van der Waals surface area (Å²) in [5.74, 6) is 0.712. The fourth-order valence-electron chi connectivity index (χ4n) is 2.35. The monoisotopic (exact) mass is 294 g/mol. The predicted octanol–water partition coefficient (Wildman–Crippen LogP) is 3.30. The van der Waals surface area contributed by atoms with Gasteiger partial charge in [0.2, 0.25) is 5.91 Å². The first-order valence-corrected chi connectivity index (χ1v) is 7.78. The van der Waals surface area contributed by atoms with Crippen molar-refractivity contribution in [3.05, 3.63) is 34.9 Å². The summed E-state index contributed by atoms with van der Waals surface area (Å²) in [6.07, 6.45) is 3.41. The Labute approximate surface area is 126 Å². The van der Waals surface area contributed by atoms with E-state index in [2.05, 4.69) is 29.7 Å². The lowest BCUT2D eigenvalue weighted by atomic mass is 10.0. The van der Waals surface area contributed by atoms with Gasteiger partial charge in [-0.15, -0.1) is 0 Å². The van der Waals surface area contributed by atoms with Crippen LogP contribution >= 0.6 is 11.6 Å². The summed E-state index contributed by atoms with van der Waals surface area (Å²) in [7, 11) is 0. The minimum absolute atomic E-state index is 0.0754. The second-order valence-corrected chi connectivity index (χ2v) is 5.98. The maximum absolute atomic E-state index is 12.0. The molecule has 0 saturated heterocycles. The van der Waals surface area contributed by atoms with Crippen LogP contribution in [0.2, 0.25) is 5.02 Å². The first-order valence-electron chi connectivity index (χ1n) is 7.41. The van der Waals surface area contributed by atoms with Crippen LogP contribution in [0.5, 0.6) is 0 Å². The van der Waals surface area contributed by atoms with E-state index in [1.807, 2.05) is 19.1 Å². The Balaban J connectivity index is 1.99. The van der Waals surface area contributed by atoms with E-state index in [0.717, 1.165) is 18.0 Å². The van der Waals surface area contributed by atoms with Gasteiger partial charge in [-0.05, 0) is 49.8 Å². The van der Waals surface area contributed by atoms with Crippen molar-refractivity contribution in [3.63, 3.8) is 0 Å². The zero-order valence-electron chi connectivity index (χ0n) is 12.2. The van der Waals surface area contributed by atoms with Crippen molar-refractivity contribution in [2.24, 2.45) is 5.92 Å². The molecule has 1 saturated carbocycles. The highest BCUT2D eigenvalue weighted by molar-refractivity contribution is 6.30. The summed E-state index contributed by atoms with van der Waals surface area (Å²) in [6.45, 7) is 4.72. The lowest BCUT2D eigenvalue weighted by Crippen LogP contribution is -2.44. The van der Waals surface area contributed by atoms with Gasteiger partial charge in [0, 0.05) is 17.6 Å². The molecule has 0 bridgehead atoms. The summed E-state index contributed by atoms with van der Waals surface area (Å²) in [6, 6.07) is 7.99. The van der Waals surface area contributed by atoms with Crippen molar-refractivity contribution < 1.29 is 4.79 Å². The third-order valence-corrected chi connectivity index (χ3v) is 3.95. The molecule has 4 heteroatoms. The van der Waals surface area contributed by atoms with Gasteiger partial charge in [0.25, 0.3) is 0 Å². The van der Waals surface area contributed by atoms with Crippen LogP contribution in [-0.4, -0.2) is 18.5 Å². The van der Waals surface area contributed by atoms with E-state index in [1.54, 1.807) is 0 Å². The van der Waals surface area contributed by atoms with Gasteiger partial charge < -0.3 is 5.32 Å². The molecule has 1 aliphatic carbocycles. The van der Waals surface area contributed by atoms with E-state index in [4.69, 9.17) is 11.6 Å². The van der Waals surface area contributed by atoms with Crippen molar-refractivity contribution in [2.75, 3.05) is 6.54 Å². The third-order valence-electron chi connectivity index (χ3n) is 3.69. The number of hydrogen-bond donors (Lipinski definition) is 2. The summed E-state index contributed by atoms with van der Waals surface area (Å²) < 4.78 is 0. The first kappa shape index (κ1) is 15.3. The van der Waals surface area contributed by atoms with Gasteiger partial charge >= 0.3 is 0 Å². The van der Waals surface area contributed by atoms with E-state index >= 15 is 0 Å². The van der Waals surface area contributed by atoms with Gasteiger partial charge in [-0.3, -0.25) is 10.1 Å². The number of halogens is 1. The number of amides is 1. The third kappa shape index (κ3) is 4.22. The highest BCUT2D eigenvalue weighted by Gasteiger charge is 2.33. The molecule has 1 aromatic carbocycles. The molecule has 1 aliphatic rings. The zero-order valence-corrected chi connectivity index (χ0v) is 12.9. The average Bonchev–Trinajstić information content (AvgIpc) is 3.27. The largest absolute Gasteiger partial charge is 0.355 e. The van der Waals surface area contributed by atoms with E-state index in [0.29, 0.717) is 5.92 Å². The molecule has 0 heterocycles. The molecule has 110 valence electrons. The van der Waals surface area contributed by atoms with Gasteiger partial charge in [-0.25, -0.2) is 0 Å². The first-order chi connectivity index (χ1) is 9.61. The zero-order chi connectivity index (χ0) is 14.5. The number of carbonyl (C=O) groups excluding carboxylic acids is 1. The van der Waals surface area contributed by atoms with Gasteiger partial charge in [-0.2, -0.15) is 0 Å². The molecule has 2 rings (SSSR count). The molecular formula is C16H23ClN2O. The Morgan fingerprint density at radius 2 is 2.00 bits per heavy atom. The van der Waals surface area contributed by atoms with Crippen LogP contribution in [0, 0.1) is 5.92 Å². The lowest BCUT2D eigenvalue weighted by Gasteiger charge is -2.23. The molecule has 1 aromatic rings. The van der Waals surface area contributed by atoms with E-state index < -0.39 is 0 Å². The summed E-state index contributed by atoms with van der Waals surface area (Å²) in [4.78, 5) is 12.0. The molecule has 1 fully saturated rings. The van der Waals surface area contributed by atoms with E-state index in [1.165, 1.54) is 18.4 Å². The van der Waals surface area contributed by atoms with Crippen molar-refractivity contribution >= 4 is 17.5 Å². The normalized spacial score (nSPS) is 17.6. The van der Waals surface area contributed by atoms with Crippen LogP contribution in [0.4, 0.5) is 0 Å². The maximum Gasteiger partial charge on any atom is 0.236 e. The molecule has 0 aliphatic heterocycles. The van der Waals surface area contributed by atoms with Crippen LogP contribution in [0.15, 0.2) is 24.3 Å². The van der Waals surface area contributed by atoms with Crippen molar-refractivity contribution in [2.45, 2.75) is 45.2 Å². The number of nitrogens with one attached hydrogen (secondary N) is 2. The topological polar surface area (TPSA) is 41.1 Å². The summed E-state index contributed by atoms with van der Waals surface area (Å²) in [5.41, 5.74) is 1.21. The number of carbonyl (C=O) groups is 1. The maximum atomic E-state index is 12.0. The number of rotatable bonds is 7. The molecule has 0 spiro atoms. The van der Waals surface area contributed by atoms with E-state index in [-0.39, 0.29) is 18.0 Å². The Bertz CT molecular complexity index is 442. The van der Waals surface area contributed by atoms with Crippen LogP contribution in [0.25, 0.3) is 0 Å². The van der Waals surface area contributed by atoms with E-state index in [9.17, 15) is 4.79 Å². The molecule has 2 N–H and O–H groups in total. The molecule has 0 radical (unpaired) electrons. The minimum Gasteiger partial charge on any atom is -0.355 e. The van der Waals surface area contributed by atoms with Gasteiger partial charge in [-0.1, -0.05) is 30.7 Å². The predicted molar refractivity (Wildman–Crippen MR) is 82.8 cm³/mol. The second kappa shape index (κ2) is 7.09. The molecule has 2 unspecified atom stereocenters.